The summed E-state index contributed by atoms with van der Waals surface area (Å²) in [6.07, 6.45) is -0.712. The van der Waals surface area contributed by atoms with Gasteiger partial charge in [0.2, 0.25) is 0 Å². The Hall–Kier alpha value is -3.63. The van der Waals surface area contributed by atoms with Gasteiger partial charge in [-0.3, -0.25) is 0 Å². The largest absolute Gasteiger partial charge is 0.492 e. The molecule has 0 aliphatic rings. The molecule has 0 spiro atoms. The number of hydrogen-bond donors (Lipinski definition) is 1. The van der Waals surface area contributed by atoms with Crippen LogP contribution in [0.1, 0.15) is 18.9 Å². The molecule has 0 radical (unpaired) electrons. The molecule has 3 rings (SSSR count). The average Bonchev–Trinajstić information content (AvgIpc) is 2.93. The molecule has 0 fully saturated rings. The van der Waals surface area contributed by atoms with Crippen LogP contribution in [0.3, 0.4) is 0 Å². The number of carboxylic acid groups (broad SMARTS) is 1. The molecule has 10 heteroatoms. The monoisotopic (exact) mass is 559 g/mol. The van der Waals surface area contributed by atoms with Gasteiger partial charge in [-0.2, -0.15) is 0 Å². The second kappa shape index (κ2) is 15.7. The maximum Gasteiger partial charge on any atom is 0.415 e. The quantitative estimate of drug-likeness (QED) is 0.179. The fraction of sp³-hybridized carbons (Fsp3) is 0.310. The van der Waals surface area contributed by atoms with Gasteiger partial charge in [-0.1, -0.05) is 30.3 Å². The van der Waals surface area contributed by atoms with Crippen LogP contribution in [0.25, 0.3) is 0 Å². The highest BCUT2D eigenvalue weighted by Gasteiger charge is 2.19. The molecule has 1 atom stereocenters. The second-order valence-electron chi connectivity index (χ2n) is 8.42. The van der Waals surface area contributed by atoms with E-state index < -0.39 is 29.8 Å². The van der Waals surface area contributed by atoms with Crippen molar-refractivity contribution >= 4 is 23.8 Å². The number of thioether (sulfide) groups is 1. The lowest BCUT2D eigenvalue weighted by atomic mass is 10.1. The third kappa shape index (κ3) is 10.2. The predicted octanol–water partition coefficient (Wildman–Crippen LogP) is 6.06. The molecule has 0 aliphatic carbocycles. The van der Waals surface area contributed by atoms with Crippen LogP contribution in [-0.2, 0) is 16.0 Å². The van der Waals surface area contributed by atoms with Gasteiger partial charge in [0.1, 0.15) is 18.1 Å². The number of carboxylic acids is 1. The van der Waals surface area contributed by atoms with Gasteiger partial charge in [0, 0.05) is 30.5 Å². The van der Waals surface area contributed by atoms with Crippen molar-refractivity contribution in [1.29, 1.82) is 0 Å². The van der Waals surface area contributed by atoms with Crippen molar-refractivity contribution in [1.82, 2.24) is 4.90 Å². The lowest BCUT2D eigenvalue weighted by molar-refractivity contribution is -0.149. The maximum atomic E-state index is 13.6. The van der Waals surface area contributed by atoms with Crippen LogP contribution in [0.5, 0.6) is 11.5 Å². The molecule has 39 heavy (non-hydrogen) atoms. The first-order valence-corrected chi connectivity index (χ1v) is 13.5. The Morgan fingerprint density at radius 2 is 1.67 bits per heavy atom. The van der Waals surface area contributed by atoms with Crippen LogP contribution in [0, 0.1) is 11.6 Å². The number of aliphatic carboxylic acids is 1. The highest BCUT2D eigenvalue weighted by molar-refractivity contribution is 7.99. The van der Waals surface area contributed by atoms with Crippen LogP contribution in [0.15, 0.2) is 77.7 Å². The molecular weight excluding hydrogens is 528 g/mol. The molecule has 1 amide bonds. The van der Waals surface area contributed by atoms with E-state index in [0.717, 1.165) is 28.3 Å². The fourth-order valence-electron chi connectivity index (χ4n) is 3.59. The lowest BCUT2D eigenvalue weighted by Crippen LogP contribution is -2.37. The minimum Gasteiger partial charge on any atom is -0.492 e. The molecule has 0 heterocycles. The van der Waals surface area contributed by atoms with Gasteiger partial charge >= 0.3 is 12.1 Å². The molecule has 0 aliphatic heterocycles. The highest BCUT2D eigenvalue weighted by atomic mass is 32.2. The number of amides is 1. The number of ether oxygens (including phenoxy) is 3. The van der Waals surface area contributed by atoms with E-state index in [9.17, 15) is 23.5 Å². The molecular formula is C29H31F2NO6S. The number of halogens is 2. The van der Waals surface area contributed by atoms with E-state index >= 15 is 0 Å². The molecule has 0 saturated carbocycles. The predicted molar refractivity (Wildman–Crippen MR) is 144 cm³/mol. The molecule has 3 aromatic rings. The standard InChI is InChI=1S/C29H31F2NO6S/c1-2-36-27(28(33)34)19-21-9-11-22(12-10-21)37-17-16-32(15-6-18-39-24-7-4-3-5-8-24)29(35)38-23-13-14-25(30)26(31)20-23/h3-5,7-14,20,27H,2,6,15-19H2,1H3,(H,33,34). The van der Waals surface area contributed by atoms with Crippen LogP contribution in [0.4, 0.5) is 13.6 Å². The Balaban J connectivity index is 1.55. The van der Waals surface area contributed by atoms with Crippen molar-refractivity contribution in [3.05, 3.63) is 90.0 Å². The van der Waals surface area contributed by atoms with E-state index in [1.807, 2.05) is 30.3 Å². The van der Waals surface area contributed by atoms with Gasteiger partial charge in [0.15, 0.2) is 17.7 Å². The summed E-state index contributed by atoms with van der Waals surface area (Å²) in [6.45, 7) is 2.78. The Bertz CT molecular complexity index is 1200. The van der Waals surface area contributed by atoms with Gasteiger partial charge < -0.3 is 24.2 Å². The van der Waals surface area contributed by atoms with E-state index in [2.05, 4.69) is 0 Å². The summed E-state index contributed by atoms with van der Waals surface area (Å²) in [5.74, 6) is -1.93. The zero-order chi connectivity index (χ0) is 28.0. The zero-order valence-corrected chi connectivity index (χ0v) is 22.4. The van der Waals surface area contributed by atoms with Crippen LogP contribution in [-0.4, -0.2) is 60.2 Å². The molecule has 208 valence electrons. The van der Waals surface area contributed by atoms with Gasteiger partial charge in [0.05, 0.1) is 6.54 Å². The topological polar surface area (TPSA) is 85.3 Å². The number of benzene rings is 3. The van der Waals surface area contributed by atoms with Gasteiger partial charge in [-0.05, 0) is 61.1 Å². The minimum absolute atomic E-state index is 0.0919. The van der Waals surface area contributed by atoms with Gasteiger partial charge in [0.25, 0.3) is 0 Å². The normalized spacial score (nSPS) is 11.6. The SMILES string of the molecule is CCOC(Cc1ccc(OCCN(CCCSc2ccccc2)C(=O)Oc2ccc(F)c(F)c2)cc1)C(=O)O. The Kier molecular flexibility index (Phi) is 12.0. The van der Waals surface area contributed by atoms with Crippen LogP contribution >= 0.6 is 11.8 Å². The van der Waals surface area contributed by atoms with Gasteiger partial charge in [-0.15, -0.1) is 11.8 Å². The lowest BCUT2D eigenvalue weighted by Gasteiger charge is -2.22. The van der Waals surface area contributed by atoms with Crippen molar-refractivity contribution in [2.24, 2.45) is 0 Å². The molecule has 3 aromatic carbocycles. The Morgan fingerprint density at radius 1 is 0.949 bits per heavy atom. The third-order valence-electron chi connectivity index (χ3n) is 5.56. The smallest absolute Gasteiger partial charge is 0.415 e. The number of hydrogen-bond acceptors (Lipinski definition) is 6. The molecule has 1 N–H and O–H groups in total. The van der Waals surface area contributed by atoms with E-state index in [1.165, 1.54) is 11.0 Å². The Morgan fingerprint density at radius 3 is 2.33 bits per heavy atom. The summed E-state index contributed by atoms with van der Waals surface area (Å²) in [5, 5.41) is 9.26. The molecule has 0 aromatic heterocycles. The summed E-state index contributed by atoms with van der Waals surface area (Å²) in [4.78, 5) is 26.7. The van der Waals surface area contributed by atoms with E-state index in [4.69, 9.17) is 14.2 Å². The molecule has 7 nitrogen and oxygen atoms in total. The number of carbonyl (C=O) groups excluding carboxylic acids is 1. The average molecular weight is 560 g/mol. The first kappa shape index (κ1) is 29.9. The first-order valence-electron chi connectivity index (χ1n) is 12.5. The van der Waals surface area contributed by atoms with Crippen LogP contribution in [0.2, 0.25) is 0 Å². The van der Waals surface area contributed by atoms with Crippen molar-refractivity contribution in [3.8, 4) is 11.5 Å². The van der Waals surface area contributed by atoms with Crippen molar-refractivity contribution < 1.29 is 37.7 Å². The van der Waals surface area contributed by atoms with Gasteiger partial charge in [-0.25, -0.2) is 18.4 Å². The number of carbonyl (C=O) groups is 2. The van der Waals surface area contributed by atoms with Crippen molar-refractivity contribution in [2.45, 2.75) is 30.8 Å². The van der Waals surface area contributed by atoms with Crippen molar-refractivity contribution in [2.75, 3.05) is 32.1 Å². The number of nitrogens with zero attached hydrogens (tertiary/aromatic N) is 1. The van der Waals surface area contributed by atoms with E-state index in [1.54, 1.807) is 43.0 Å². The summed E-state index contributed by atoms with van der Waals surface area (Å²) >= 11 is 1.67. The summed E-state index contributed by atoms with van der Waals surface area (Å²) in [7, 11) is 0. The highest BCUT2D eigenvalue weighted by Crippen LogP contribution is 2.20. The zero-order valence-electron chi connectivity index (χ0n) is 21.6. The summed E-state index contributed by atoms with van der Waals surface area (Å²) in [5.41, 5.74) is 0.788. The van der Waals surface area contributed by atoms with E-state index in [0.29, 0.717) is 25.3 Å². The maximum absolute atomic E-state index is 13.6. The van der Waals surface area contributed by atoms with Crippen molar-refractivity contribution in [3.63, 3.8) is 0 Å². The fourth-order valence-corrected chi connectivity index (χ4v) is 4.45. The number of rotatable bonds is 15. The minimum atomic E-state index is -1.10. The summed E-state index contributed by atoms with van der Waals surface area (Å²) in [6, 6.07) is 19.8. The molecule has 0 saturated heterocycles. The Labute approximate surface area is 230 Å². The second-order valence-corrected chi connectivity index (χ2v) is 9.59. The first-order chi connectivity index (χ1) is 18.9. The van der Waals surface area contributed by atoms with E-state index in [-0.39, 0.29) is 25.3 Å². The summed E-state index contributed by atoms with van der Waals surface area (Å²) < 4.78 is 43.1. The molecule has 1 unspecified atom stereocenters. The third-order valence-corrected chi connectivity index (χ3v) is 6.65. The van der Waals surface area contributed by atoms with Crippen LogP contribution < -0.4 is 9.47 Å². The molecule has 0 bridgehead atoms.